The molecule has 3 rings (SSSR count). The van der Waals surface area contributed by atoms with E-state index in [1.807, 2.05) is 12.3 Å². The zero-order valence-electron chi connectivity index (χ0n) is 9.90. The van der Waals surface area contributed by atoms with E-state index in [1.165, 1.54) is 25.8 Å². The van der Waals surface area contributed by atoms with Gasteiger partial charge in [0.25, 0.3) is 0 Å². The fraction of sp³-hybridized carbons (Fsp3) is 0.615. The minimum atomic E-state index is 0.723. The first kappa shape index (κ1) is 11.3. The predicted octanol–water partition coefficient (Wildman–Crippen LogP) is 2.31. The van der Waals surface area contributed by atoms with Crippen molar-refractivity contribution in [3.63, 3.8) is 0 Å². The van der Waals surface area contributed by atoms with Crippen molar-refractivity contribution in [3.8, 4) is 0 Å². The maximum atomic E-state index is 6.21. The number of hydrogen-bond donors (Lipinski definition) is 1. The lowest BCUT2D eigenvalue weighted by atomic mass is 9.85. The second-order valence-electron chi connectivity index (χ2n) is 5.02. The number of fused-ring (bicyclic) bond motifs is 1. The largest absolute Gasteiger partial charge is 0.370 e. The van der Waals surface area contributed by atoms with Gasteiger partial charge in [0.2, 0.25) is 0 Å². The van der Waals surface area contributed by atoms with Gasteiger partial charge in [-0.3, -0.25) is 4.98 Å². The molecule has 3 nitrogen and oxygen atoms in total. The summed E-state index contributed by atoms with van der Waals surface area (Å²) in [6, 6.07) is 2.75. The number of rotatable bonds is 1. The Morgan fingerprint density at radius 2 is 2.35 bits per heavy atom. The first-order valence-corrected chi connectivity index (χ1v) is 6.80. The van der Waals surface area contributed by atoms with E-state index in [2.05, 4.69) is 15.2 Å². The van der Waals surface area contributed by atoms with Crippen LogP contribution in [0.1, 0.15) is 19.3 Å². The first-order chi connectivity index (χ1) is 8.34. The van der Waals surface area contributed by atoms with Crippen molar-refractivity contribution in [3.05, 3.63) is 23.5 Å². The zero-order chi connectivity index (χ0) is 11.7. The Labute approximate surface area is 107 Å². The molecule has 0 saturated carbocycles. The summed E-state index contributed by atoms with van der Waals surface area (Å²) in [6.07, 6.45) is 7.44. The van der Waals surface area contributed by atoms with Crippen molar-refractivity contribution in [1.29, 1.82) is 0 Å². The minimum Gasteiger partial charge on any atom is -0.370 e. The molecule has 2 fully saturated rings. The van der Waals surface area contributed by atoms with Gasteiger partial charge in [0.15, 0.2) is 0 Å². The highest BCUT2D eigenvalue weighted by Crippen LogP contribution is 2.31. The van der Waals surface area contributed by atoms with Crippen molar-refractivity contribution in [1.82, 2.24) is 10.3 Å². The molecule has 2 aliphatic rings. The Hall–Kier alpha value is -0.800. The topological polar surface area (TPSA) is 28.2 Å². The normalized spacial score (nSPS) is 28.9. The van der Waals surface area contributed by atoms with E-state index in [9.17, 15) is 0 Å². The van der Waals surface area contributed by atoms with Gasteiger partial charge < -0.3 is 10.2 Å². The molecule has 0 aromatic carbocycles. The number of nitrogens with zero attached hydrogens (tertiary/aromatic N) is 2. The molecule has 3 heterocycles. The van der Waals surface area contributed by atoms with Gasteiger partial charge in [-0.2, -0.15) is 0 Å². The van der Waals surface area contributed by atoms with E-state index in [4.69, 9.17) is 11.6 Å². The number of aromatic nitrogens is 1. The lowest BCUT2D eigenvalue weighted by Crippen LogP contribution is -2.52. The Balaban J connectivity index is 1.76. The fourth-order valence-corrected chi connectivity index (χ4v) is 3.33. The summed E-state index contributed by atoms with van der Waals surface area (Å²) in [7, 11) is 0. The van der Waals surface area contributed by atoms with Gasteiger partial charge in [-0.25, -0.2) is 0 Å². The Kier molecular flexibility index (Phi) is 3.21. The summed E-state index contributed by atoms with van der Waals surface area (Å²) >= 11 is 6.21. The van der Waals surface area contributed by atoms with E-state index >= 15 is 0 Å². The first-order valence-electron chi connectivity index (χ1n) is 6.42. The van der Waals surface area contributed by atoms with E-state index in [0.29, 0.717) is 0 Å². The lowest BCUT2D eigenvalue weighted by Gasteiger charge is -2.42. The van der Waals surface area contributed by atoms with Gasteiger partial charge >= 0.3 is 0 Å². The number of piperidine rings is 2. The summed E-state index contributed by atoms with van der Waals surface area (Å²) in [5.41, 5.74) is 1.14. The van der Waals surface area contributed by atoms with Gasteiger partial charge in [0.1, 0.15) is 0 Å². The van der Waals surface area contributed by atoms with Crippen molar-refractivity contribution in [2.75, 3.05) is 24.5 Å². The van der Waals surface area contributed by atoms with Crippen LogP contribution in [0.3, 0.4) is 0 Å². The van der Waals surface area contributed by atoms with Crippen LogP contribution in [0.15, 0.2) is 18.5 Å². The molecule has 0 bridgehead atoms. The van der Waals surface area contributed by atoms with Crippen LogP contribution in [0.25, 0.3) is 0 Å². The van der Waals surface area contributed by atoms with Crippen LogP contribution in [-0.4, -0.2) is 30.7 Å². The number of anilines is 1. The van der Waals surface area contributed by atoms with Crippen LogP contribution in [0, 0.1) is 5.92 Å². The van der Waals surface area contributed by atoms with Crippen LogP contribution < -0.4 is 10.2 Å². The molecule has 17 heavy (non-hydrogen) atoms. The SMILES string of the molecule is Clc1cnccc1N1CCC2NCCCC2C1. The smallest absolute Gasteiger partial charge is 0.0822 e. The molecule has 1 N–H and O–H groups in total. The lowest BCUT2D eigenvalue weighted by molar-refractivity contribution is 0.244. The summed E-state index contributed by atoms with van der Waals surface area (Å²) in [6.45, 7) is 3.41. The molecule has 0 spiro atoms. The molecule has 92 valence electrons. The van der Waals surface area contributed by atoms with Gasteiger partial charge in [-0.1, -0.05) is 11.6 Å². The maximum Gasteiger partial charge on any atom is 0.0822 e. The van der Waals surface area contributed by atoms with Crippen molar-refractivity contribution >= 4 is 17.3 Å². The number of nitrogens with one attached hydrogen (secondary N) is 1. The van der Waals surface area contributed by atoms with E-state index in [-0.39, 0.29) is 0 Å². The average molecular weight is 252 g/mol. The monoisotopic (exact) mass is 251 g/mol. The van der Waals surface area contributed by atoms with Crippen molar-refractivity contribution in [2.45, 2.75) is 25.3 Å². The van der Waals surface area contributed by atoms with Crippen LogP contribution in [0.5, 0.6) is 0 Å². The maximum absolute atomic E-state index is 6.21. The number of hydrogen-bond acceptors (Lipinski definition) is 3. The summed E-state index contributed by atoms with van der Waals surface area (Å²) < 4.78 is 0. The van der Waals surface area contributed by atoms with Crippen molar-refractivity contribution < 1.29 is 0 Å². The highest BCUT2D eigenvalue weighted by atomic mass is 35.5. The highest BCUT2D eigenvalue weighted by molar-refractivity contribution is 6.33. The predicted molar refractivity (Wildman–Crippen MR) is 70.6 cm³/mol. The van der Waals surface area contributed by atoms with Crippen LogP contribution in [-0.2, 0) is 0 Å². The standard InChI is InChI=1S/C13H18ClN3/c14-11-8-15-6-3-13(11)17-7-4-12-10(9-17)2-1-5-16-12/h3,6,8,10,12,16H,1-2,4-5,7,9H2. The summed E-state index contributed by atoms with van der Waals surface area (Å²) in [4.78, 5) is 6.47. The van der Waals surface area contributed by atoms with Gasteiger partial charge in [0.05, 0.1) is 10.7 Å². The van der Waals surface area contributed by atoms with Crippen LogP contribution >= 0.6 is 11.6 Å². The van der Waals surface area contributed by atoms with E-state index in [0.717, 1.165) is 35.8 Å². The number of pyridine rings is 1. The van der Waals surface area contributed by atoms with Crippen LogP contribution in [0.2, 0.25) is 5.02 Å². The molecule has 0 radical (unpaired) electrons. The quantitative estimate of drug-likeness (QED) is 0.830. The Morgan fingerprint density at radius 3 is 3.24 bits per heavy atom. The van der Waals surface area contributed by atoms with E-state index < -0.39 is 0 Å². The van der Waals surface area contributed by atoms with Gasteiger partial charge in [0, 0.05) is 31.5 Å². The molecule has 2 saturated heterocycles. The second kappa shape index (κ2) is 4.83. The zero-order valence-corrected chi connectivity index (χ0v) is 10.7. The van der Waals surface area contributed by atoms with Crippen LogP contribution in [0.4, 0.5) is 5.69 Å². The summed E-state index contributed by atoms with van der Waals surface area (Å²) in [5.74, 6) is 0.779. The second-order valence-corrected chi connectivity index (χ2v) is 5.43. The molecule has 0 amide bonds. The third-order valence-corrected chi connectivity index (χ3v) is 4.28. The highest BCUT2D eigenvalue weighted by Gasteiger charge is 2.31. The third-order valence-electron chi connectivity index (χ3n) is 3.98. The van der Waals surface area contributed by atoms with E-state index in [1.54, 1.807) is 6.20 Å². The molecule has 1 aromatic rings. The third kappa shape index (κ3) is 2.26. The average Bonchev–Trinajstić information content (AvgIpc) is 2.39. The Morgan fingerprint density at radius 1 is 1.41 bits per heavy atom. The van der Waals surface area contributed by atoms with Crippen molar-refractivity contribution in [2.24, 2.45) is 5.92 Å². The molecule has 4 heteroatoms. The summed E-state index contributed by atoms with van der Waals surface area (Å²) in [5, 5.41) is 4.41. The molecule has 1 aromatic heterocycles. The molecular weight excluding hydrogens is 234 g/mol. The van der Waals surface area contributed by atoms with Gasteiger partial charge in [-0.05, 0) is 37.8 Å². The molecule has 2 unspecified atom stereocenters. The molecule has 0 aliphatic carbocycles. The fourth-order valence-electron chi connectivity index (χ4n) is 3.09. The Bertz CT molecular complexity index is 396. The number of halogens is 1. The molecule has 2 aliphatic heterocycles. The van der Waals surface area contributed by atoms with Gasteiger partial charge in [-0.15, -0.1) is 0 Å². The molecule has 2 atom stereocenters. The molecular formula is C13H18ClN3. The minimum absolute atomic E-state index is 0.723.